The van der Waals surface area contributed by atoms with Crippen LogP contribution in [0, 0.1) is 11.6 Å². The molecule has 1 aliphatic carbocycles. The predicted molar refractivity (Wildman–Crippen MR) is 127 cm³/mol. The molecule has 1 saturated carbocycles. The van der Waals surface area contributed by atoms with E-state index in [9.17, 15) is 13.6 Å². The fourth-order valence-corrected chi connectivity index (χ4v) is 3.90. The van der Waals surface area contributed by atoms with Crippen molar-refractivity contribution in [2.75, 3.05) is 13.7 Å². The summed E-state index contributed by atoms with van der Waals surface area (Å²) >= 11 is 0. The van der Waals surface area contributed by atoms with Gasteiger partial charge in [-0.2, -0.15) is 28.7 Å². The molecule has 3 aromatic heterocycles. The van der Waals surface area contributed by atoms with Crippen molar-refractivity contribution in [3.8, 4) is 11.8 Å². The van der Waals surface area contributed by atoms with Crippen molar-refractivity contribution >= 4 is 30.5 Å². The van der Waals surface area contributed by atoms with E-state index in [0.717, 1.165) is 24.6 Å². The molecule has 0 radical (unpaired) electrons. The first-order chi connectivity index (χ1) is 16.4. The second kappa shape index (κ2) is 9.61. The molecule has 1 fully saturated rings. The van der Waals surface area contributed by atoms with Crippen molar-refractivity contribution in [1.29, 1.82) is 0 Å². The maximum atomic E-state index is 14.6. The lowest BCUT2D eigenvalue weighted by molar-refractivity contribution is 0.0526. The number of aromatic nitrogens is 6. The molecule has 1 atom stereocenters. The Bertz CT molecular complexity index is 1400. The first-order valence-electron chi connectivity index (χ1n) is 10.9. The maximum absolute atomic E-state index is 14.6. The van der Waals surface area contributed by atoms with Crippen LogP contribution in [0.1, 0.15) is 60.3 Å². The summed E-state index contributed by atoms with van der Waals surface area (Å²) in [4.78, 5) is 21.2. The standard InChI is InChI=1S/C23H22F2N6O3.H2S/c1-4-34-22(32)14-10-26-30(11-14)23-27-19-18(13-5-6-13)29-31(20(19)21(28-23)33-3)12(2)16-8-7-15(24)9-17(16)25;/h7-13H,4-6H2,1-3H3;1H2/t12-;/m0./s1. The highest BCUT2D eigenvalue weighted by atomic mass is 32.1. The Balaban J connectivity index is 0.00000289. The molecular weight excluding hydrogens is 478 g/mol. The lowest BCUT2D eigenvalue weighted by Gasteiger charge is -2.16. The molecule has 0 spiro atoms. The molecule has 0 N–H and O–H groups in total. The Morgan fingerprint density at radius 2 is 2.03 bits per heavy atom. The number of carbonyl (C=O) groups is 1. The summed E-state index contributed by atoms with van der Waals surface area (Å²) in [6.45, 7) is 3.74. The molecule has 1 aromatic carbocycles. The number of nitrogens with zero attached hydrogens (tertiary/aromatic N) is 6. The van der Waals surface area contributed by atoms with Gasteiger partial charge in [0.2, 0.25) is 5.88 Å². The number of carbonyl (C=O) groups excluding carboxylic acids is 1. The third-order valence-corrected chi connectivity index (χ3v) is 5.76. The predicted octanol–water partition coefficient (Wildman–Crippen LogP) is 4.08. The monoisotopic (exact) mass is 502 g/mol. The van der Waals surface area contributed by atoms with Gasteiger partial charge in [-0.1, -0.05) is 6.07 Å². The highest BCUT2D eigenvalue weighted by Crippen LogP contribution is 2.44. The Morgan fingerprint density at radius 3 is 2.69 bits per heavy atom. The van der Waals surface area contributed by atoms with E-state index in [1.165, 1.54) is 36.3 Å². The lowest BCUT2D eigenvalue weighted by atomic mass is 10.1. The average molecular weight is 503 g/mol. The zero-order chi connectivity index (χ0) is 24.0. The van der Waals surface area contributed by atoms with Crippen molar-refractivity contribution in [3.05, 3.63) is 59.0 Å². The summed E-state index contributed by atoms with van der Waals surface area (Å²) in [5.41, 5.74) is 2.37. The quantitative estimate of drug-likeness (QED) is 0.351. The second-order valence-corrected chi connectivity index (χ2v) is 8.07. The Hall–Kier alpha value is -3.54. The molecule has 3 heterocycles. The zero-order valence-electron chi connectivity index (χ0n) is 19.3. The summed E-state index contributed by atoms with van der Waals surface area (Å²) in [7, 11) is 1.47. The van der Waals surface area contributed by atoms with E-state index in [4.69, 9.17) is 14.6 Å². The van der Waals surface area contributed by atoms with E-state index in [-0.39, 0.29) is 49.0 Å². The average Bonchev–Trinajstić information content (AvgIpc) is 3.40. The molecule has 5 rings (SSSR count). The molecule has 0 saturated heterocycles. The second-order valence-electron chi connectivity index (χ2n) is 8.07. The van der Waals surface area contributed by atoms with Crippen LogP contribution in [0.3, 0.4) is 0 Å². The van der Waals surface area contributed by atoms with Gasteiger partial charge in [0.15, 0.2) is 0 Å². The molecule has 12 heteroatoms. The number of rotatable bonds is 7. The molecule has 184 valence electrons. The van der Waals surface area contributed by atoms with Crippen LogP contribution < -0.4 is 4.74 Å². The van der Waals surface area contributed by atoms with E-state index in [1.54, 1.807) is 18.5 Å². The SMILES string of the molecule is CCOC(=O)c1cnn(-c2nc(OC)c3c(n2)c(C2CC2)nn3[C@@H](C)c2ccc(F)cc2F)c1.S. The first-order valence-corrected chi connectivity index (χ1v) is 10.9. The number of hydrogen-bond donors (Lipinski definition) is 0. The third-order valence-electron chi connectivity index (χ3n) is 5.76. The van der Waals surface area contributed by atoms with Gasteiger partial charge in [-0.3, -0.25) is 4.68 Å². The number of ether oxygens (including phenoxy) is 2. The van der Waals surface area contributed by atoms with Crippen molar-refractivity contribution in [2.45, 2.75) is 38.6 Å². The van der Waals surface area contributed by atoms with E-state index < -0.39 is 23.6 Å². The largest absolute Gasteiger partial charge is 0.479 e. The van der Waals surface area contributed by atoms with Crippen molar-refractivity contribution < 1.29 is 23.0 Å². The van der Waals surface area contributed by atoms with Gasteiger partial charge in [-0.15, -0.1) is 0 Å². The van der Waals surface area contributed by atoms with Crippen LogP contribution in [-0.2, 0) is 4.74 Å². The van der Waals surface area contributed by atoms with Crippen LogP contribution >= 0.6 is 13.5 Å². The Kier molecular flexibility index (Phi) is 6.75. The Labute approximate surface area is 206 Å². The van der Waals surface area contributed by atoms with Gasteiger partial charge in [0, 0.05) is 23.7 Å². The minimum absolute atomic E-state index is 0. The Morgan fingerprint density at radius 1 is 1.26 bits per heavy atom. The molecule has 0 bridgehead atoms. The van der Waals surface area contributed by atoms with E-state index in [1.807, 2.05) is 0 Å². The molecule has 0 aliphatic heterocycles. The number of methoxy groups -OCH3 is 1. The summed E-state index contributed by atoms with van der Waals surface area (Å²) in [6.07, 6.45) is 4.78. The van der Waals surface area contributed by atoms with Crippen LogP contribution in [0.5, 0.6) is 5.88 Å². The molecule has 0 amide bonds. The minimum atomic E-state index is -0.663. The zero-order valence-corrected chi connectivity index (χ0v) is 20.3. The number of benzene rings is 1. The van der Waals surface area contributed by atoms with Gasteiger partial charge in [0.05, 0.1) is 37.2 Å². The highest BCUT2D eigenvalue weighted by Gasteiger charge is 2.33. The first kappa shape index (κ1) is 24.6. The number of esters is 1. The van der Waals surface area contributed by atoms with Gasteiger partial charge in [0.1, 0.15) is 22.7 Å². The van der Waals surface area contributed by atoms with Crippen LogP contribution in [0.25, 0.3) is 17.0 Å². The van der Waals surface area contributed by atoms with Gasteiger partial charge in [-0.25, -0.2) is 23.2 Å². The summed E-state index contributed by atoms with van der Waals surface area (Å²) in [5, 5.41) is 8.96. The van der Waals surface area contributed by atoms with Gasteiger partial charge < -0.3 is 9.47 Å². The molecule has 1 aliphatic rings. The highest BCUT2D eigenvalue weighted by molar-refractivity contribution is 7.59. The molecule has 4 aromatic rings. The van der Waals surface area contributed by atoms with E-state index >= 15 is 0 Å². The maximum Gasteiger partial charge on any atom is 0.341 e. The van der Waals surface area contributed by atoms with E-state index in [2.05, 4.69) is 15.1 Å². The summed E-state index contributed by atoms with van der Waals surface area (Å²) < 4.78 is 41.6. The number of halogens is 2. The van der Waals surface area contributed by atoms with Crippen molar-refractivity contribution in [3.63, 3.8) is 0 Å². The topological polar surface area (TPSA) is 96.9 Å². The minimum Gasteiger partial charge on any atom is -0.479 e. The van der Waals surface area contributed by atoms with Gasteiger partial charge in [0.25, 0.3) is 5.95 Å². The van der Waals surface area contributed by atoms with Crippen LogP contribution in [0.15, 0.2) is 30.6 Å². The summed E-state index contributed by atoms with van der Waals surface area (Å²) in [6, 6.07) is 2.90. The molecule has 9 nitrogen and oxygen atoms in total. The summed E-state index contributed by atoms with van der Waals surface area (Å²) in [5.74, 6) is -1.17. The smallest absolute Gasteiger partial charge is 0.341 e. The van der Waals surface area contributed by atoms with Crippen LogP contribution in [0.2, 0.25) is 0 Å². The normalized spacial score (nSPS) is 14.0. The fraction of sp³-hybridized carbons (Fsp3) is 0.348. The van der Waals surface area contributed by atoms with Crippen LogP contribution in [0.4, 0.5) is 8.78 Å². The molecule has 35 heavy (non-hydrogen) atoms. The van der Waals surface area contributed by atoms with Gasteiger partial charge in [-0.05, 0) is 32.8 Å². The number of hydrogen-bond acceptors (Lipinski definition) is 7. The van der Waals surface area contributed by atoms with Gasteiger partial charge >= 0.3 is 5.97 Å². The van der Waals surface area contributed by atoms with Crippen LogP contribution in [-0.4, -0.2) is 49.2 Å². The molecular formula is C23H24F2N6O3S. The van der Waals surface area contributed by atoms with E-state index in [0.29, 0.717) is 11.0 Å². The molecule has 0 unspecified atom stereocenters. The lowest BCUT2D eigenvalue weighted by Crippen LogP contribution is -2.12. The van der Waals surface area contributed by atoms with Crippen molar-refractivity contribution in [2.24, 2.45) is 0 Å². The van der Waals surface area contributed by atoms with Crippen molar-refractivity contribution in [1.82, 2.24) is 29.5 Å². The fourth-order valence-electron chi connectivity index (χ4n) is 3.90. The number of fused-ring (bicyclic) bond motifs is 1. The third kappa shape index (κ3) is 4.45.